The van der Waals surface area contributed by atoms with Crippen LogP contribution in [0.5, 0.6) is 0 Å². The molecule has 0 bridgehead atoms. The summed E-state index contributed by atoms with van der Waals surface area (Å²) < 4.78 is 12.7. The molecule has 0 aromatic heterocycles. The fraction of sp³-hybridized carbons (Fsp3) is 0.846. The zero-order chi connectivity index (χ0) is 25.8. The number of carbonyl (C=O) groups is 2. The van der Waals surface area contributed by atoms with Gasteiger partial charge in [-0.15, -0.1) is 0 Å². The van der Waals surface area contributed by atoms with Crippen molar-refractivity contribution in [3.05, 3.63) is 11.6 Å². The van der Waals surface area contributed by atoms with Gasteiger partial charge < -0.3 is 8.85 Å². The molecule has 0 heterocycles. The summed E-state index contributed by atoms with van der Waals surface area (Å²) in [6.45, 7) is 31.7. The van der Waals surface area contributed by atoms with Gasteiger partial charge >= 0.3 is 11.9 Å². The van der Waals surface area contributed by atoms with Gasteiger partial charge in [0.05, 0.1) is 0 Å². The van der Waals surface area contributed by atoms with E-state index in [2.05, 4.69) is 83.1 Å². The highest BCUT2D eigenvalue weighted by atomic mass is 28.4. The highest BCUT2D eigenvalue weighted by Crippen LogP contribution is 2.44. The van der Waals surface area contributed by atoms with Crippen LogP contribution in [0.1, 0.15) is 104 Å². The Morgan fingerprint density at radius 2 is 0.875 bits per heavy atom. The average molecular weight is 485 g/mol. The van der Waals surface area contributed by atoms with Crippen molar-refractivity contribution >= 4 is 28.6 Å². The summed E-state index contributed by atoms with van der Waals surface area (Å²) in [5.74, 6) is -0.760. The van der Waals surface area contributed by atoms with Crippen molar-refractivity contribution in [1.29, 1.82) is 0 Å². The van der Waals surface area contributed by atoms with Crippen molar-refractivity contribution in [2.24, 2.45) is 5.41 Å². The molecule has 0 aliphatic carbocycles. The first kappa shape index (κ1) is 31.1. The maximum absolute atomic E-state index is 13.6. The van der Waals surface area contributed by atoms with E-state index in [1.165, 1.54) is 6.08 Å². The molecule has 0 unspecified atom stereocenters. The van der Waals surface area contributed by atoms with Crippen molar-refractivity contribution in [3.63, 3.8) is 0 Å². The Balaban J connectivity index is 6.35. The number of rotatable bonds is 10. The van der Waals surface area contributed by atoms with Crippen molar-refractivity contribution in [1.82, 2.24) is 0 Å². The van der Waals surface area contributed by atoms with Gasteiger partial charge in [0.1, 0.15) is 0 Å². The fourth-order valence-corrected chi connectivity index (χ4v) is 16.1. The second-order valence-corrected chi connectivity index (χ2v) is 23.0. The fourth-order valence-electron chi connectivity index (χ4n) is 5.83. The Morgan fingerprint density at radius 1 is 0.594 bits per heavy atom. The van der Waals surface area contributed by atoms with E-state index in [0.29, 0.717) is 5.57 Å². The summed E-state index contributed by atoms with van der Waals surface area (Å²) in [5, 5.41) is 0. The lowest BCUT2D eigenvalue weighted by atomic mass is 9.86. The van der Waals surface area contributed by atoms with Crippen LogP contribution < -0.4 is 0 Å². The third kappa shape index (κ3) is 6.59. The standard InChI is InChI=1S/C26H52O4Si2/c1-17(2)31(18(3)4,19(5)6)29-24(27)16-23(26(13,14)15)25(28)30-32(20(7)8,21(9)10)22(11)12/h16-22H,1-15H3/b23-16+. The smallest absolute Gasteiger partial charge is 0.321 e. The van der Waals surface area contributed by atoms with Crippen molar-refractivity contribution < 1.29 is 18.4 Å². The first-order valence-electron chi connectivity index (χ1n) is 12.5. The van der Waals surface area contributed by atoms with Gasteiger partial charge in [-0.3, -0.25) is 0 Å². The van der Waals surface area contributed by atoms with Crippen LogP contribution in [0.15, 0.2) is 11.6 Å². The monoisotopic (exact) mass is 484 g/mol. The van der Waals surface area contributed by atoms with Crippen molar-refractivity contribution in [2.45, 2.75) is 137 Å². The lowest BCUT2D eigenvalue weighted by Crippen LogP contribution is -2.50. The minimum atomic E-state index is -2.42. The van der Waals surface area contributed by atoms with Crippen LogP contribution in [0.25, 0.3) is 0 Å². The van der Waals surface area contributed by atoms with Crippen LogP contribution in [-0.2, 0) is 18.4 Å². The molecule has 0 saturated heterocycles. The van der Waals surface area contributed by atoms with E-state index in [1.807, 2.05) is 20.8 Å². The molecule has 0 aliphatic heterocycles. The van der Waals surface area contributed by atoms with Gasteiger partial charge in [0, 0.05) is 11.6 Å². The van der Waals surface area contributed by atoms with E-state index in [4.69, 9.17) is 8.85 Å². The van der Waals surface area contributed by atoms with E-state index >= 15 is 0 Å². The summed E-state index contributed by atoms with van der Waals surface area (Å²) in [6, 6.07) is 0. The highest BCUT2D eigenvalue weighted by Gasteiger charge is 2.50. The van der Waals surface area contributed by atoms with Crippen LogP contribution in [0.3, 0.4) is 0 Å². The zero-order valence-electron chi connectivity index (χ0n) is 23.7. The van der Waals surface area contributed by atoms with Gasteiger partial charge in [0.2, 0.25) is 0 Å². The van der Waals surface area contributed by atoms with Crippen LogP contribution >= 0.6 is 0 Å². The van der Waals surface area contributed by atoms with E-state index in [0.717, 1.165) is 0 Å². The van der Waals surface area contributed by atoms with Crippen molar-refractivity contribution in [2.75, 3.05) is 0 Å². The number of hydrogen-bond acceptors (Lipinski definition) is 4. The lowest BCUT2D eigenvalue weighted by molar-refractivity contribution is -0.134. The molecule has 0 aliphatic rings. The molecule has 0 rings (SSSR count). The van der Waals surface area contributed by atoms with Gasteiger partial charge in [-0.05, 0) is 38.7 Å². The molecule has 0 atom stereocenters. The third-order valence-corrected chi connectivity index (χ3v) is 19.2. The molecular formula is C26H52O4Si2. The largest absolute Gasteiger partial charge is 0.515 e. The van der Waals surface area contributed by atoms with Crippen LogP contribution in [0.4, 0.5) is 0 Å². The van der Waals surface area contributed by atoms with Crippen molar-refractivity contribution in [3.8, 4) is 0 Å². The Morgan fingerprint density at radius 3 is 1.12 bits per heavy atom. The van der Waals surface area contributed by atoms with Gasteiger partial charge in [0.25, 0.3) is 16.6 Å². The molecule has 0 saturated carbocycles. The van der Waals surface area contributed by atoms with Gasteiger partial charge in [-0.25, -0.2) is 9.59 Å². The summed E-state index contributed by atoms with van der Waals surface area (Å²) in [6.07, 6.45) is 1.43. The minimum Gasteiger partial charge on any atom is -0.515 e. The average Bonchev–Trinajstić information content (AvgIpc) is 2.58. The van der Waals surface area contributed by atoms with Crippen LogP contribution in [0, 0.1) is 5.41 Å². The number of hydrogen-bond donors (Lipinski definition) is 0. The Bertz CT molecular complexity index is 624. The topological polar surface area (TPSA) is 52.6 Å². The molecule has 6 heteroatoms. The molecule has 4 nitrogen and oxygen atoms in total. The maximum atomic E-state index is 13.6. The first-order valence-corrected chi connectivity index (χ1v) is 16.7. The molecule has 188 valence electrons. The second kappa shape index (κ2) is 11.5. The van der Waals surface area contributed by atoms with Crippen LogP contribution in [0.2, 0.25) is 33.2 Å². The molecule has 0 aromatic rings. The molecule has 0 fully saturated rings. The molecule has 0 spiro atoms. The predicted molar refractivity (Wildman–Crippen MR) is 142 cm³/mol. The number of carbonyl (C=O) groups excluding carboxylic acids is 2. The SMILES string of the molecule is CC(C)[Si](OC(=O)/C=C(\C(=O)O[Si](C(C)C)(C(C)C)C(C)C)C(C)(C)C)(C(C)C)C(C)C. The Labute approximate surface area is 201 Å². The van der Waals surface area contributed by atoms with E-state index in [1.54, 1.807) is 0 Å². The Hall–Kier alpha value is -0.886. The molecular weight excluding hydrogens is 432 g/mol. The maximum Gasteiger partial charge on any atom is 0.321 e. The quantitative estimate of drug-likeness (QED) is 0.231. The summed E-state index contributed by atoms with van der Waals surface area (Å²) in [5.41, 5.74) is 1.57. The predicted octanol–water partition coefficient (Wildman–Crippen LogP) is 8.40. The van der Waals surface area contributed by atoms with E-state index < -0.39 is 28.0 Å². The minimum absolute atomic E-state index is 0.280. The van der Waals surface area contributed by atoms with Gasteiger partial charge in [-0.2, -0.15) is 0 Å². The zero-order valence-corrected chi connectivity index (χ0v) is 25.7. The van der Waals surface area contributed by atoms with E-state index in [-0.39, 0.29) is 39.2 Å². The molecule has 0 radical (unpaired) electrons. The molecule has 0 amide bonds. The lowest BCUT2D eigenvalue weighted by Gasteiger charge is -2.42. The summed E-state index contributed by atoms with van der Waals surface area (Å²) in [4.78, 5) is 26.8. The Kier molecular flexibility index (Phi) is 11.2. The summed E-state index contributed by atoms with van der Waals surface area (Å²) in [7, 11) is -4.81. The van der Waals surface area contributed by atoms with E-state index in [9.17, 15) is 9.59 Å². The molecule has 0 aromatic carbocycles. The molecule has 0 N–H and O–H groups in total. The van der Waals surface area contributed by atoms with Gasteiger partial charge in [0.15, 0.2) is 0 Å². The molecule has 32 heavy (non-hydrogen) atoms. The van der Waals surface area contributed by atoms with Crippen LogP contribution in [-0.4, -0.2) is 28.6 Å². The third-order valence-electron chi connectivity index (χ3n) is 7.25. The second-order valence-electron chi connectivity index (χ2n) is 12.3. The highest BCUT2D eigenvalue weighted by molar-refractivity contribution is 6.79. The normalized spacial score (nSPS) is 14.3. The summed E-state index contributed by atoms with van der Waals surface area (Å²) >= 11 is 0. The first-order chi connectivity index (χ1) is 14.3. The van der Waals surface area contributed by atoms with Gasteiger partial charge in [-0.1, -0.05) is 104 Å².